The number of anilines is 2. The smallest absolute Gasteiger partial charge is 0.160 e. The first kappa shape index (κ1) is 22.8. The van der Waals surface area contributed by atoms with Gasteiger partial charge in [-0.3, -0.25) is 0 Å². The van der Waals surface area contributed by atoms with Gasteiger partial charge in [0.15, 0.2) is 5.82 Å². The molecular formula is C38H23N6OPt-3. The zero-order chi connectivity index (χ0) is 34.1. The maximum Gasteiger partial charge on any atom is 0.160 e. The summed E-state index contributed by atoms with van der Waals surface area (Å²) in [4.78, 5) is 11.1. The predicted octanol–water partition coefficient (Wildman–Crippen LogP) is 8.61. The Labute approximate surface area is 286 Å². The molecule has 1 aliphatic heterocycles. The summed E-state index contributed by atoms with van der Waals surface area (Å²) in [6, 6.07) is 35.9. The molecule has 0 bridgehead atoms. The second kappa shape index (κ2) is 11.4. The van der Waals surface area contributed by atoms with Gasteiger partial charge in [-0.25, -0.2) is 4.98 Å². The van der Waals surface area contributed by atoms with Crippen molar-refractivity contribution >= 4 is 33.2 Å². The summed E-state index contributed by atoms with van der Waals surface area (Å²) in [5.41, 5.74) is 3.98. The molecule has 0 saturated heterocycles. The third-order valence-corrected chi connectivity index (χ3v) is 7.65. The molecule has 8 heteroatoms. The van der Waals surface area contributed by atoms with Gasteiger partial charge in [0.1, 0.15) is 5.82 Å². The molecule has 7 nitrogen and oxygen atoms in total. The van der Waals surface area contributed by atoms with Gasteiger partial charge in [-0.2, -0.15) is 17.2 Å². The Bertz CT molecular complexity index is 2620. The average molecular weight is 780 g/mol. The van der Waals surface area contributed by atoms with Crippen LogP contribution < -0.4 is 9.64 Å². The number of nitrogens with zero attached hydrogens (tertiary/aromatic N) is 6. The Morgan fingerprint density at radius 1 is 0.761 bits per heavy atom. The molecule has 224 valence electrons. The molecule has 0 saturated carbocycles. The molecule has 0 N–H and O–H groups in total. The molecule has 0 aliphatic carbocycles. The number of pyridine rings is 1. The van der Waals surface area contributed by atoms with E-state index in [0.29, 0.717) is 23.0 Å². The minimum Gasteiger partial charge on any atom is -0.509 e. The van der Waals surface area contributed by atoms with Gasteiger partial charge in [-0.15, -0.1) is 35.7 Å². The Kier molecular flexibility index (Phi) is 5.63. The first-order valence-corrected chi connectivity index (χ1v) is 14.2. The molecule has 9 rings (SSSR count). The van der Waals surface area contributed by atoms with Gasteiger partial charge in [-0.1, -0.05) is 90.5 Å². The minimum atomic E-state index is -0.471. The molecule has 1 aliphatic rings. The van der Waals surface area contributed by atoms with Crippen LogP contribution in [0.5, 0.6) is 11.5 Å². The van der Waals surface area contributed by atoms with Crippen molar-refractivity contribution in [1.29, 1.82) is 0 Å². The van der Waals surface area contributed by atoms with Crippen molar-refractivity contribution in [2.75, 3.05) is 4.90 Å². The van der Waals surface area contributed by atoms with Gasteiger partial charge in [0, 0.05) is 61.4 Å². The van der Waals surface area contributed by atoms with E-state index in [-0.39, 0.29) is 44.5 Å². The first-order valence-electron chi connectivity index (χ1n) is 16.7. The third-order valence-electron chi connectivity index (χ3n) is 7.65. The molecule has 0 unspecified atom stereocenters. The van der Waals surface area contributed by atoms with Gasteiger partial charge < -0.3 is 23.9 Å². The standard InChI is InChI=1S/C38H23N6O.Pt/c1-2-11-26(12-3-1)37-40-38-32-16-5-6-17-33(32)42(25-43(38)41-37)27-13-10-14-28(23-27)45-29-20-21-31-30-15-4-7-18-34(30)44(35(31)24-29)36-19-8-9-22-39-36;/h1-22,25H;/q-3;/i1D,2D,3D,11D,12D;. The third kappa shape index (κ3) is 4.64. The fourth-order valence-corrected chi connectivity index (χ4v) is 5.70. The molecule has 0 amide bonds. The normalized spacial score (nSPS) is 13.4. The van der Waals surface area contributed by atoms with Gasteiger partial charge in [-0.05, 0) is 35.2 Å². The van der Waals surface area contributed by atoms with Crippen LogP contribution in [-0.4, -0.2) is 24.3 Å². The van der Waals surface area contributed by atoms with Crippen molar-refractivity contribution in [3.63, 3.8) is 0 Å². The van der Waals surface area contributed by atoms with Crippen LogP contribution in [0.1, 0.15) is 6.85 Å². The summed E-state index contributed by atoms with van der Waals surface area (Å²) >= 11 is 0. The maximum absolute atomic E-state index is 8.44. The number of para-hydroxylation sites is 2. The quantitative estimate of drug-likeness (QED) is 0.164. The largest absolute Gasteiger partial charge is 0.509 e. The molecule has 5 aromatic carbocycles. The van der Waals surface area contributed by atoms with Crippen LogP contribution in [-0.2, 0) is 21.1 Å². The topological polar surface area (TPSA) is 61.0 Å². The Hall–Kier alpha value is -5.65. The molecule has 0 atom stereocenters. The molecule has 0 fully saturated rings. The average Bonchev–Trinajstić information content (AvgIpc) is 3.72. The molecule has 4 heterocycles. The monoisotopic (exact) mass is 779 g/mol. The summed E-state index contributed by atoms with van der Waals surface area (Å²) in [6.07, 6.45) is 1.77. The van der Waals surface area contributed by atoms with E-state index in [1.165, 1.54) is 4.68 Å². The van der Waals surface area contributed by atoms with Crippen molar-refractivity contribution in [1.82, 2.24) is 24.3 Å². The summed E-state index contributed by atoms with van der Waals surface area (Å²) in [5.74, 6) is 2.25. The molecular weight excluding hydrogens is 752 g/mol. The zero-order valence-corrected chi connectivity index (χ0v) is 26.1. The van der Waals surface area contributed by atoms with E-state index >= 15 is 0 Å². The van der Waals surface area contributed by atoms with Crippen molar-refractivity contribution in [2.45, 2.75) is 0 Å². The van der Waals surface area contributed by atoms with Gasteiger partial charge in [0.2, 0.25) is 0 Å². The molecule has 0 spiro atoms. The first-order chi connectivity index (χ1) is 24.4. The van der Waals surface area contributed by atoms with Crippen molar-refractivity contribution < 1.29 is 32.7 Å². The number of rotatable bonds is 5. The second-order valence-corrected chi connectivity index (χ2v) is 10.3. The van der Waals surface area contributed by atoms with Crippen LogP contribution in [0.25, 0.3) is 50.4 Å². The number of hydrogen-bond donors (Lipinski definition) is 0. The number of fused-ring (bicyclic) bond motifs is 6. The SMILES string of the molecule is [2H]c1c([2H])c([2H])c(-c2nc3n(n2)[CH-]N(c2[c-]c(Oc4[c-]c5c(cc4)c4ccccc4n5-c4ccccn4)ccc2)c2ccccc2-3)c([2H])c1[2H].[Pt]. The molecule has 3 aromatic heterocycles. The summed E-state index contributed by atoms with van der Waals surface area (Å²) < 4.78 is 51.1. The van der Waals surface area contributed by atoms with E-state index in [1.807, 2.05) is 89.8 Å². The van der Waals surface area contributed by atoms with Gasteiger partial charge >= 0.3 is 0 Å². The van der Waals surface area contributed by atoms with Crippen LogP contribution in [0.15, 0.2) is 133 Å². The molecule has 0 radical (unpaired) electrons. The van der Waals surface area contributed by atoms with Crippen molar-refractivity contribution in [3.05, 3.63) is 152 Å². The number of aromatic nitrogens is 5. The number of hydrogen-bond acceptors (Lipinski definition) is 5. The molecule has 8 aromatic rings. The zero-order valence-electron chi connectivity index (χ0n) is 28.8. The van der Waals surface area contributed by atoms with E-state index < -0.39 is 18.1 Å². The Morgan fingerprint density at radius 2 is 1.59 bits per heavy atom. The van der Waals surface area contributed by atoms with Gasteiger partial charge in [0.05, 0.1) is 6.85 Å². The van der Waals surface area contributed by atoms with E-state index in [0.717, 1.165) is 38.9 Å². The van der Waals surface area contributed by atoms with Gasteiger partial charge in [0.25, 0.3) is 0 Å². The van der Waals surface area contributed by atoms with E-state index in [4.69, 9.17) is 11.6 Å². The van der Waals surface area contributed by atoms with Crippen molar-refractivity contribution in [2.24, 2.45) is 0 Å². The number of benzene rings is 5. The predicted molar refractivity (Wildman–Crippen MR) is 175 cm³/mol. The van der Waals surface area contributed by atoms with Crippen LogP contribution in [0.4, 0.5) is 11.4 Å². The van der Waals surface area contributed by atoms with E-state index in [2.05, 4.69) is 43.9 Å². The summed E-state index contributed by atoms with van der Waals surface area (Å²) in [6.45, 7) is 1.72. The van der Waals surface area contributed by atoms with E-state index in [1.54, 1.807) is 12.9 Å². The summed E-state index contributed by atoms with van der Waals surface area (Å²) in [5, 5.41) is 6.70. The number of ether oxygens (including phenoxy) is 1. The Morgan fingerprint density at radius 3 is 2.48 bits per heavy atom. The van der Waals surface area contributed by atoms with Crippen LogP contribution in [0.3, 0.4) is 0 Å². The maximum atomic E-state index is 8.44. The van der Waals surface area contributed by atoms with Crippen LogP contribution >= 0.6 is 0 Å². The second-order valence-electron chi connectivity index (χ2n) is 10.3. The Balaban J connectivity index is 0.00000374. The fraction of sp³-hybridized carbons (Fsp3) is 0. The van der Waals surface area contributed by atoms with Crippen molar-refractivity contribution in [3.8, 4) is 40.1 Å². The minimum absolute atomic E-state index is 0. The molecule has 46 heavy (non-hydrogen) atoms. The van der Waals surface area contributed by atoms with Crippen LogP contribution in [0.2, 0.25) is 0 Å². The fourth-order valence-electron chi connectivity index (χ4n) is 5.70. The summed E-state index contributed by atoms with van der Waals surface area (Å²) in [7, 11) is 0. The van der Waals surface area contributed by atoms with E-state index in [9.17, 15) is 0 Å². The van der Waals surface area contributed by atoms with Crippen LogP contribution in [0, 0.1) is 18.8 Å².